The average Bonchev–Trinajstić information content (AvgIpc) is 2.46. The van der Waals surface area contributed by atoms with Gasteiger partial charge >= 0.3 is 0 Å². The fraction of sp³-hybridized carbons (Fsp3) is 0.294. The summed E-state index contributed by atoms with van der Waals surface area (Å²) in [5.74, 6) is -0.0637. The third-order valence-electron chi connectivity index (χ3n) is 3.65. The van der Waals surface area contributed by atoms with Crippen molar-refractivity contribution in [2.24, 2.45) is 0 Å². The molecule has 0 aliphatic heterocycles. The molecule has 0 bridgehead atoms. The maximum Gasteiger partial charge on any atom is 0.105 e. The molecule has 0 spiro atoms. The van der Waals surface area contributed by atoms with E-state index in [2.05, 4.69) is 0 Å². The first-order valence-electron chi connectivity index (χ1n) is 6.87. The van der Waals surface area contributed by atoms with Crippen LogP contribution in [0.1, 0.15) is 41.2 Å². The molecule has 4 heteroatoms. The van der Waals surface area contributed by atoms with Crippen molar-refractivity contribution in [3.8, 4) is 0 Å². The molecular weight excluding hydrogens is 284 g/mol. The Morgan fingerprint density at radius 2 is 1.33 bits per heavy atom. The van der Waals surface area contributed by atoms with Gasteiger partial charge in [-0.15, -0.1) is 0 Å². The van der Waals surface area contributed by atoms with E-state index in [1.54, 1.807) is 0 Å². The average molecular weight is 303 g/mol. The van der Waals surface area contributed by atoms with Gasteiger partial charge in [0.05, 0.1) is 11.4 Å². The smallest absolute Gasteiger partial charge is 0.105 e. The highest BCUT2D eigenvalue weighted by molar-refractivity contribution is 7.74. The Bertz CT molecular complexity index is 605. The molecule has 0 saturated heterocycles. The van der Waals surface area contributed by atoms with Crippen molar-refractivity contribution in [3.05, 3.63) is 70.8 Å². The van der Waals surface area contributed by atoms with Crippen molar-refractivity contribution < 1.29 is 12.9 Å². The summed E-state index contributed by atoms with van der Waals surface area (Å²) in [5, 5.41) is 0. The monoisotopic (exact) mass is 303 g/mol. The van der Waals surface area contributed by atoms with E-state index < -0.39 is 17.5 Å². The summed E-state index contributed by atoms with van der Waals surface area (Å²) >= 11 is -2.55. The molecule has 21 heavy (non-hydrogen) atoms. The summed E-state index contributed by atoms with van der Waals surface area (Å²) in [5.41, 5.74) is 4.21. The zero-order valence-electron chi connectivity index (χ0n) is 12.4. The van der Waals surface area contributed by atoms with Gasteiger partial charge in [0.1, 0.15) is 6.10 Å². The van der Waals surface area contributed by atoms with Crippen molar-refractivity contribution in [3.63, 3.8) is 0 Å². The Morgan fingerprint density at radius 3 is 1.76 bits per heavy atom. The molecule has 3 unspecified atom stereocenters. The minimum absolute atomic E-state index is 0.0637. The van der Waals surface area contributed by atoms with E-state index in [0.717, 1.165) is 16.7 Å². The number of hydrogen-bond donors (Lipinski definition) is 0. The first-order valence-corrected chi connectivity index (χ1v) is 7.87. The zero-order chi connectivity index (χ0) is 15.4. The summed E-state index contributed by atoms with van der Waals surface area (Å²) in [6.45, 7) is 5.99. The van der Waals surface area contributed by atoms with Crippen LogP contribution in [0.3, 0.4) is 0 Å². The van der Waals surface area contributed by atoms with Crippen LogP contribution in [0.4, 0.5) is 0 Å². The molecule has 0 aliphatic rings. The Morgan fingerprint density at radius 1 is 0.905 bits per heavy atom. The van der Waals surface area contributed by atoms with Crippen LogP contribution in [0.25, 0.3) is 0 Å². The Labute approximate surface area is 128 Å². The van der Waals surface area contributed by atoms with Gasteiger partial charge in [0.25, 0.3) is 0 Å². The zero-order valence-corrected chi connectivity index (χ0v) is 13.2. The maximum absolute atomic E-state index is 11.0. The third-order valence-corrected chi connectivity index (χ3v) is 4.01. The van der Waals surface area contributed by atoms with Crippen LogP contribution in [-0.2, 0) is 15.5 Å². The molecule has 0 amide bonds. The van der Waals surface area contributed by atoms with Crippen molar-refractivity contribution in [1.29, 1.82) is 0 Å². The van der Waals surface area contributed by atoms with Crippen LogP contribution in [0.2, 0.25) is 0 Å². The number of aryl methyl sites for hydroxylation is 2. The third kappa shape index (κ3) is 4.24. The maximum atomic E-state index is 11.0. The minimum Gasteiger partial charge on any atom is -0.750 e. The number of benzene rings is 2. The fourth-order valence-electron chi connectivity index (χ4n) is 2.31. The number of hydrogen-bond acceptors (Lipinski definition) is 3. The van der Waals surface area contributed by atoms with E-state index in [4.69, 9.17) is 4.18 Å². The first-order chi connectivity index (χ1) is 9.97. The van der Waals surface area contributed by atoms with Gasteiger partial charge in [-0.1, -0.05) is 66.6 Å². The summed E-state index contributed by atoms with van der Waals surface area (Å²) in [6.07, 6.45) is -0.522. The molecule has 2 aromatic rings. The second-order valence-electron chi connectivity index (χ2n) is 5.33. The van der Waals surface area contributed by atoms with Gasteiger partial charge < -0.3 is 4.55 Å². The fourth-order valence-corrected chi connectivity index (χ4v) is 2.76. The summed E-state index contributed by atoms with van der Waals surface area (Å²) in [4.78, 5) is 0. The van der Waals surface area contributed by atoms with Crippen molar-refractivity contribution >= 4 is 11.4 Å². The lowest BCUT2D eigenvalue weighted by molar-refractivity contribution is 0.179. The SMILES string of the molecule is Cc1ccc(C(C)C(OS(=O)[O-])c2ccc(C)cc2)cc1. The van der Waals surface area contributed by atoms with Gasteiger partial charge in [0.2, 0.25) is 0 Å². The van der Waals surface area contributed by atoms with Gasteiger partial charge in [0.15, 0.2) is 0 Å². The molecule has 0 saturated carbocycles. The van der Waals surface area contributed by atoms with Gasteiger partial charge in [-0.05, 0) is 25.0 Å². The van der Waals surface area contributed by atoms with E-state index in [1.807, 2.05) is 69.3 Å². The van der Waals surface area contributed by atoms with Crippen LogP contribution in [0, 0.1) is 13.8 Å². The van der Waals surface area contributed by atoms with Crippen LogP contribution < -0.4 is 0 Å². The molecule has 112 valence electrons. The second-order valence-corrected chi connectivity index (χ2v) is 5.93. The lowest BCUT2D eigenvalue weighted by Crippen LogP contribution is -2.14. The summed E-state index contributed by atoms with van der Waals surface area (Å²) in [7, 11) is 0. The highest BCUT2D eigenvalue weighted by Gasteiger charge is 2.22. The van der Waals surface area contributed by atoms with E-state index in [0.29, 0.717) is 0 Å². The Balaban J connectivity index is 2.32. The number of rotatable bonds is 5. The van der Waals surface area contributed by atoms with E-state index in [-0.39, 0.29) is 5.92 Å². The summed E-state index contributed by atoms with van der Waals surface area (Å²) in [6, 6.07) is 15.8. The molecule has 0 N–H and O–H groups in total. The van der Waals surface area contributed by atoms with Crippen LogP contribution in [0.5, 0.6) is 0 Å². The second kappa shape index (κ2) is 6.98. The molecule has 3 atom stereocenters. The highest BCUT2D eigenvalue weighted by atomic mass is 32.2. The van der Waals surface area contributed by atoms with Gasteiger partial charge in [0, 0.05) is 5.92 Å². The Kier molecular flexibility index (Phi) is 5.28. The predicted molar refractivity (Wildman–Crippen MR) is 83.5 cm³/mol. The summed E-state index contributed by atoms with van der Waals surface area (Å²) < 4.78 is 27.2. The van der Waals surface area contributed by atoms with Crippen LogP contribution in [-0.4, -0.2) is 8.76 Å². The Hall–Kier alpha value is -1.49. The van der Waals surface area contributed by atoms with E-state index in [9.17, 15) is 8.76 Å². The molecular formula is C17H19O3S-. The standard InChI is InChI=1S/C17H20O3S/c1-12-4-8-15(9-5-12)14(3)17(20-21(18)19)16-10-6-13(2)7-11-16/h4-11,14,17H,1-3H3,(H,18,19)/p-1. The van der Waals surface area contributed by atoms with Gasteiger partial charge in [-0.25, -0.2) is 4.21 Å². The highest BCUT2D eigenvalue weighted by Crippen LogP contribution is 2.34. The molecule has 0 aliphatic carbocycles. The molecule has 0 fully saturated rings. The molecule has 3 nitrogen and oxygen atoms in total. The lowest BCUT2D eigenvalue weighted by Gasteiger charge is -2.25. The normalized spacial score (nSPS) is 15.4. The largest absolute Gasteiger partial charge is 0.750 e. The lowest BCUT2D eigenvalue weighted by atomic mass is 9.90. The molecule has 0 radical (unpaired) electrons. The van der Waals surface area contributed by atoms with Crippen LogP contribution >= 0.6 is 0 Å². The van der Waals surface area contributed by atoms with Crippen molar-refractivity contribution in [2.75, 3.05) is 0 Å². The minimum atomic E-state index is -2.55. The van der Waals surface area contributed by atoms with Gasteiger partial charge in [-0.2, -0.15) is 0 Å². The van der Waals surface area contributed by atoms with E-state index in [1.165, 1.54) is 5.56 Å². The van der Waals surface area contributed by atoms with Gasteiger partial charge in [-0.3, -0.25) is 4.18 Å². The molecule has 2 aromatic carbocycles. The molecule has 0 heterocycles. The quantitative estimate of drug-likeness (QED) is 0.786. The van der Waals surface area contributed by atoms with Crippen molar-refractivity contribution in [1.82, 2.24) is 0 Å². The topological polar surface area (TPSA) is 49.4 Å². The van der Waals surface area contributed by atoms with Crippen molar-refractivity contribution in [2.45, 2.75) is 32.8 Å². The van der Waals surface area contributed by atoms with Crippen LogP contribution in [0.15, 0.2) is 48.5 Å². The van der Waals surface area contributed by atoms with E-state index >= 15 is 0 Å². The first kappa shape index (κ1) is 15.9. The molecule has 2 rings (SSSR count). The predicted octanol–water partition coefficient (Wildman–Crippen LogP) is 3.96. The molecule has 0 aromatic heterocycles.